The van der Waals surface area contributed by atoms with Crippen molar-refractivity contribution in [1.29, 1.82) is 0 Å². The molecule has 0 saturated carbocycles. The van der Waals surface area contributed by atoms with Crippen molar-refractivity contribution in [2.24, 2.45) is 0 Å². The minimum Gasteiger partial charge on any atom is -0.369 e. The first-order valence-corrected chi connectivity index (χ1v) is 11.5. The van der Waals surface area contributed by atoms with E-state index < -0.39 is 17.8 Å². The van der Waals surface area contributed by atoms with Crippen LogP contribution in [0.25, 0.3) is 0 Å². The van der Waals surface area contributed by atoms with Crippen molar-refractivity contribution in [3.05, 3.63) is 64.2 Å². The Balaban J connectivity index is 1.30. The maximum atomic E-state index is 14.5. The molecule has 9 heteroatoms. The zero-order valence-corrected chi connectivity index (χ0v) is 18.9. The molecule has 178 valence electrons. The van der Waals surface area contributed by atoms with Crippen LogP contribution in [0.1, 0.15) is 39.9 Å². The van der Waals surface area contributed by atoms with E-state index in [4.69, 9.17) is 0 Å². The molecule has 0 aliphatic carbocycles. The van der Waals surface area contributed by atoms with E-state index in [1.54, 1.807) is 13.0 Å². The van der Waals surface area contributed by atoms with Crippen LogP contribution in [0, 0.1) is 18.6 Å². The Morgan fingerprint density at radius 1 is 1.03 bits per heavy atom. The predicted molar refractivity (Wildman–Crippen MR) is 121 cm³/mol. The lowest BCUT2D eigenvalue weighted by Gasteiger charge is -2.37. The Bertz CT molecular complexity index is 1180. The molecule has 3 aliphatic rings. The van der Waals surface area contributed by atoms with Crippen molar-refractivity contribution in [2.75, 3.05) is 31.1 Å². The Morgan fingerprint density at radius 3 is 2.50 bits per heavy atom. The number of hydrogen-bond acceptors (Lipinski definition) is 5. The number of rotatable bonds is 4. The average Bonchev–Trinajstić information content (AvgIpc) is 3.12. The van der Waals surface area contributed by atoms with E-state index in [2.05, 4.69) is 15.1 Å². The second kappa shape index (κ2) is 8.79. The Hall–Kier alpha value is -3.33. The fourth-order valence-corrected chi connectivity index (χ4v) is 5.10. The lowest BCUT2D eigenvalue weighted by atomic mass is 10.0. The van der Waals surface area contributed by atoms with Gasteiger partial charge in [-0.15, -0.1) is 0 Å². The number of carbonyl (C=O) groups excluding carboxylic acids is 3. The summed E-state index contributed by atoms with van der Waals surface area (Å²) >= 11 is 0. The fraction of sp³-hybridized carbons (Fsp3) is 0.400. The number of benzene rings is 2. The molecule has 1 unspecified atom stereocenters. The van der Waals surface area contributed by atoms with Gasteiger partial charge in [-0.3, -0.25) is 24.6 Å². The van der Waals surface area contributed by atoms with E-state index in [-0.39, 0.29) is 42.6 Å². The molecule has 0 spiro atoms. The predicted octanol–water partition coefficient (Wildman–Crippen LogP) is 2.36. The van der Waals surface area contributed by atoms with E-state index in [0.717, 1.165) is 24.2 Å². The van der Waals surface area contributed by atoms with Crippen LogP contribution in [-0.4, -0.2) is 59.7 Å². The summed E-state index contributed by atoms with van der Waals surface area (Å²) in [6.45, 7) is 5.47. The van der Waals surface area contributed by atoms with Crippen molar-refractivity contribution in [3.63, 3.8) is 0 Å². The normalized spacial score (nSPS) is 21.1. The van der Waals surface area contributed by atoms with Gasteiger partial charge in [0.15, 0.2) is 0 Å². The minimum atomic E-state index is -0.732. The highest BCUT2D eigenvalue weighted by Gasteiger charge is 2.41. The summed E-state index contributed by atoms with van der Waals surface area (Å²) in [5.74, 6) is -1.91. The number of amides is 3. The zero-order valence-electron chi connectivity index (χ0n) is 18.9. The number of imide groups is 1. The highest BCUT2D eigenvalue weighted by Crippen LogP contribution is 2.35. The summed E-state index contributed by atoms with van der Waals surface area (Å²) in [6.07, 6.45) is 0.442. The molecule has 0 bridgehead atoms. The molecule has 2 saturated heterocycles. The second-order valence-corrected chi connectivity index (χ2v) is 9.20. The van der Waals surface area contributed by atoms with Crippen LogP contribution in [0.15, 0.2) is 30.3 Å². The van der Waals surface area contributed by atoms with Gasteiger partial charge in [-0.25, -0.2) is 8.78 Å². The van der Waals surface area contributed by atoms with Gasteiger partial charge >= 0.3 is 0 Å². The summed E-state index contributed by atoms with van der Waals surface area (Å²) in [6, 6.07) is 7.10. The number of halogens is 2. The monoisotopic (exact) mass is 468 g/mol. The van der Waals surface area contributed by atoms with Crippen molar-refractivity contribution in [3.8, 4) is 0 Å². The molecule has 0 aromatic heterocycles. The molecule has 5 rings (SSSR count). The van der Waals surface area contributed by atoms with Crippen LogP contribution < -0.4 is 10.2 Å². The van der Waals surface area contributed by atoms with Crippen molar-refractivity contribution < 1.29 is 23.2 Å². The second-order valence-electron chi connectivity index (χ2n) is 9.20. The molecule has 2 aromatic carbocycles. The molecule has 0 radical (unpaired) electrons. The largest absolute Gasteiger partial charge is 0.369 e. The van der Waals surface area contributed by atoms with Gasteiger partial charge in [0.1, 0.15) is 17.7 Å². The van der Waals surface area contributed by atoms with Gasteiger partial charge in [-0.05, 0) is 42.7 Å². The van der Waals surface area contributed by atoms with Crippen molar-refractivity contribution in [1.82, 2.24) is 15.1 Å². The van der Waals surface area contributed by atoms with Crippen LogP contribution in [-0.2, 0) is 22.7 Å². The molecular formula is C25H26F2N4O3. The number of nitrogens with zero attached hydrogens (tertiary/aromatic N) is 3. The van der Waals surface area contributed by atoms with Crippen LogP contribution in [0.3, 0.4) is 0 Å². The molecule has 3 amide bonds. The van der Waals surface area contributed by atoms with Crippen LogP contribution in [0.4, 0.5) is 14.5 Å². The van der Waals surface area contributed by atoms with Crippen molar-refractivity contribution in [2.45, 2.75) is 38.9 Å². The highest BCUT2D eigenvalue weighted by atomic mass is 19.1. The molecule has 34 heavy (non-hydrogen) atoms. The van der Waals surface area contributed by atoms with Gasteiger partial charge in [-0.2, -0.15) is 0 Å². The molecule has 3 heterocycles. The Labute approximate surface area is 196 Å². The van der Waals surface area contributed by atoms with Gasteiger partial charge in [0, 0.05) is 62.5 Å². The van der Waals surface area contributed by atoms with Crippen LogP contribution in [0.5, 0.6) is 0 Å². The van der Waals surface area contributed by atoms with Gasteiger partial charge < -0.3 is 9.80 Å². The maximum absolute atomic E-state index is 14.5. The number of nitrogens with one attached hydrogen (secondary N) is 1. The zero-order chi connectivity index (χ0) is 24.0. The van der Waals surface area contributed by atoms with Crippen molar-refractivity contribution >= 4 is 23.4 Å². The lowest BCUT2D eigenvalue weighted by molar-refractivity contribution is -0.136. The van der Waals surface area contributed by atoms with E-state index in [0.29, 0.717) is 30.9 Å². The van der Waals surface area contributed by atoms with E-state index in [1.807, 2.05) is 6.07 Å². The maximum Gasteiger partial charge on any atom is 0.255 e. The molecule has 2 fully saturated rings. The van der Waals surface area contributed by atoms with Gasteiger partial charge in [0.05, 0.1) is 0 Å². The van der Waals surface area contributed by atoms with Crippen LogP contribution in [0.2, 0.25) is 0 Å². The first-order chi connectivity index (χ1) is 16.3. The van der Waals surface area contributed by atoms with Gasteiger partial charge in [-0.1, -0.05) is 12.1 Å². The summed E-state index contributed by atoms with van der Waals surface area (Å²) in [5.41, 5.74) is 3.35. The quantitative estimate of drug-likeness (QED) is 0.698. The highest BCUT2D eigenvalue weighted by molar-refractivity contribution is 6.06. The van der Waals surface area contributed by atoms with E-state index in [1.165, 1.54) is 23.1 Å². The number of hydrogen-bond donors (Lipinski definition) is 1. The summed E-state index contributed by atoms with van der Waals surface area (Å²) in [5, 5.41) is 2.29. The molecule has 3 aliphatic heterocycles. The van der Waals surface area contributed by atoms with E-state index in [9.17, 15) is 23.2 Å². The number of anilines is 1. The summed E-state index contributed by atoms with van der Waals surface area (Å²) < 4.78 is 28.1. The third-order valence-corrected chi connectivity index (χ3v) is 6.94. The minimum absolute atomic E-state index is 0.174. The lowest BCUT2D eigenvalue weighted by Crippen LogP contribution is -2.52. The molecule has 1 N–H and O–H groups in total. The molecule has 1 atom stereocenters. The number of piperazine rings is 1. The summed E-state index contributed by atoms with van der Waals surface area (Å²) in [4.78, 5) is 42.7. The molecular weight excluding hydrogens is 442 g/mol. The smallest absolute Gasteiger partial charge is 0.255 e. The summed E-state index contributed by atoms with van der Waals surface area (Å²) in [7, 11) is 0. The topological polar surface area (TPSA) is 73.0 Å². The van der Waals surface area contributed by atoms with Gasteiger partial charge in [0.25, 0.3) is 5.91 Å². The van der Waals surface area contributed by atoms with Gasteiger partial charge in [0.2, 0.25) is 11.8 Å². The number of aryl methyl sites for hydroxylation is 1. The Morgan fingerprint density at radius 2 is 1.79 bits per heavy atom. The molecule has 7 nitrogen and oxygen atoms in total. The number of carbonyl (C=O) groups is 3. The first kappa shape index (κ1) is 22.5. The number of fused-ring (bicyclic) bond motifs is 1. The SMILES string of the molecule is Cc1cc(CN2CCN(c3cc(F)cc4c3CN(C3CCC(=O)NC3=O)C4=O)CC2)ccc1F. The number of piperidine rings is 1. The third kappa shape index (κ3) is 4.16. The Kier molecular flexibility index (Phi) is 5.81. The fourth-order valence-electron chi connectivity index (χ4n) is 5.10. The average molecular weight is 469 g/mol. The van der Waals surface area contributed by atoms with Crippen LogP contribution >= 0.6 is 0 Å². The first-order valence-electron chi connectivity index (χ1n) is 11.5. The van der Waals surface area contributed by atoms with E-state index >= 15 is 0 Å². The molecule has 2 aromatic rings. The standard InChI is InChI=1S/C25H26F2N4O3/c1-15-10-16(2-3-20(15)27)13-29-6-8-30(9-7-29)22-12-17(26)11-18-19(22)14-31(25(18)34)21-4-5-23(32)28-24(21)33/h2-3,10-12,21H,4-9,13-14H2,1H3,(H,28,32,33). The third-order valence-electron chi connectivity index (χ3n) is 6.94.